The van der Waals surface area contributed by atoms with Gasteiger partial charge in [0.15, 0.2) is 0 Å². The molecule has 4 nitrogen and oxygen atoms in total. The summed E-state index contributed by atoms with van der Waals surface area (Å²) < 4.78 is 17.8. The van der Waals surface area contributed by atoms with E-state index in [1.165, 1.54) is 25.3 Å². The fraction of sp³-hybridized carbons (Fsp3) is 0.238. The van der Waals surface area contributed by atoms with Crippen molar-refractivity contribution in [2.24, 2.45) is 5.92 Å². The maximum atomic E-state index is 13.1. The van der Waals surface area contributed by atoms with Gasteiger partial charge in [-0.3, -0.25) is 9.59 Å². The third kappa shape index (κ3) is 5.84. The Hall–Kier alpha value is -2.95. The molecule has 1 amide bonds. The number of benzene rings is 2. The second-order valence-corrected chi connectivity index (χ2v) is 6.01. The first-order chi connectivity index (χ1) is 12.5. The lowest BCUT2D eigenvalue weighted by Crippen LogP contribution is -2.35. The highest BCUT2D eigenvalue weighted by Gasteiger charge is 2.20. The van der Waals surface area contributed by atoms with Crippen LogP contribution in [-0.4, -0.2) is 30.4 Å². The smallest absolute Gasteiger partial charge is 0.310 e. The molecule has 2 aromatic carbocycles. The van der Waals surface area contributed by atoms with Gasteiger partial charge >= 0.3 is 5.97 Å². The number of hydrogen-bond acceptors (Lipinski definition) is 3. The number of esters is 1. The van der Waals surface area contributed by atoms with E-state index in [-0.39, 0.29) is 30.8 Å². The minimum atomic E-state index is -0.463. The molecule has 1 unspecified atom stereocenters. The Morgan fingerprint density at radius 3 is 2.38 bits per heavy atom. The molecule has 0 radical (unpaired) electrons. The molecule has 5 heteroatoms. The Morgan fingerprint density at radius 2 is 1.77 bits per heavy atom. The lowest BCUT2D eigenvalue weighted by Gasteiger charge is -2.24. The van der Waals surface area contributed by atoms with Gasteiger partial charge in [-0.15, -0.1) is 0 Å². The molecular weight excluding hydrogens is 333 g/mol. The van der Waals surface area contributed by atoms with Crippen LogP contribution in [0.4, 0.5) is 4.39 Å². The maximum absolute atomic E-state index is 13.1. The van der Waals surface area contributed by atoms with E-state index in [0.717, 1.165) is 11.1 Å². The second-order valence-electron chi connectivity index (χ2n) is 6.01. The molecule has 2 rings (SSSR count). The van der Waals surface area contributed by atoms with Crippen molar-refractivity contribution in [1.82, 2.24) is 4.90 Å². The number of nitrogens with zero attached hydrogens (tertiary/aromatic N) is 1. The summed E-state index contributed by atoms with van der Waals surface area (Å²) in [5, 5.41) is 0. The standard InChI is InChI=1S/C21H22FNO3/c1-16(21(25)26-2)14-23(15-18-8-11-19(22)12-9-18)20(24)13-10-17-6-4-3-5-7-17/h3-13,16H,14-15H2,1-2H3/b13-10+. The largest absolute Gasteiger partial charge is 0.469 e. The molecule has 0 aromatic heterocycles. The van der Waals surface area contributed by atoms with Gasteiger partial charge in [-0.2, -0.15) is 0 Å². The maximum Gasteiger partial charge on any atom is 0.310 e. The van der Waals surface area contributed by atoms with Crippen LogP contribution in [0.25, 0.3) is 6.08 Å². The van der Waals surface area contributed by atoms with E-state index < -0.39 is 5.92 Å². The number of methoxy groups -OCH3 is 1. The molecule has 0 N–H and O–H groups in total. The van der Waals surface area contributed by atoms with Gasteiger partial charge in [0, 0.05) is 19.2 Å². The van der Waals surface area contributed by atoms with E-state index in [4.69, 9.17) is 4.74 Å². The van der Waals surface area contributed by atoms with Crippen LogP contribution in [0, 0.1) is 11.7 Å². The van der Waals surface area contributed by atoms with Crippen LogP contribution in [-0.2, 0) is 20.9 Å². The molecule has 0 aliphatic heterocycles. The van der Waals surface area contributed by atoms with Crippen LogP contribution in [0.3, 0.4) is 0 Å². The van der Waals surface area contributed by atoms with Crippen LogP contribution in [0.15, 0.2) is 60.7 Å². The molecule has 136 valence electrons. The lowest BCUT2D eigenvalue weighted by molar-refractivity contribution is -0.146. The molecule has 0 spiro atoms. The summed E-state index contributed by atoms with van der Waals surface area (Å²) >= 11 is 0. The minimum absolute atomic E-state index is 0.210. The monoisotopic (exact) mass is 355 g/mol. The van der Waals surface area contributed by atoms with E-state index >= 15 is 0 Å². The zero-order valence-electron chi connectivity index (χ0n) is 14.9. The fourth-order valence-electron chi connectivity index (χ4n) is 2.49. The van der Waals surface area contributed by atoms with Gasteiger partial charge in [-0.05, 0) is 29.3 Å². The van der Waals surface area contributed by atoms with Gasteiger partial charge in [-0.25, -0.2) is 4.39 Å². The molecule has 0 aliphatic rings. The molecule has 0 heterocycles. The van der Waals surface area contributed by atoms with E-state index in [1.807, 2.05) is 30.3 Å². The molecule has 0 saturated heterocycles. The SMILES string of the molecule is COC(=O)C(C)CN(Cc1ccc(F)cc1)C(=O)/C=C/c1ccccc1. The number of hydrogen-bond donors (Lipinski definition) is 0. The van der Waals surface area contributed by atoms with Crippen LogP contribution in [0.5, 0.6) is 0 Å². The van der Waals surface area contributed by atoms with E-state index in [9.17, 15) is 14.0 Å². The predicted molar refractivity (Wildman–Crippen MR) is 98.5 cm³/mol. The third-order valence-electron chi connectivity index (χ3n) is 3.91. The van der Waals surface area contributed by atoms with Gasteiger partial charge in [0.1, 0.15) is 5.82 Å². The van der Waals surface area contributed by atoms with Crippen LogP contribution in [0.2, 0.25) is 0 Å². The van der Waals surface area contributed by atoms with Gasteiger partial charge in [0.2, 0.25) is 5.91 Å². The van der Waals surface area contributed by atoms with Crippen molar-refractivity contribution in [3.05, 3.63) is 77.6 Å². The molecule has 2 aromatic rings. The third-order valence-corrected chi connectivity index (χ3v) is 3.91. The number of rotatable bonds is 7. The summed E-state index contributed by atoms with van der Waals surface area (Å²) in [5.74, 6) is -1.41. The normalized spacial score (nSPS) is 12.0. The molecule has 0 bridgehead atoms. The molecule has 1 atom stereocenters. The zero-order chi connectivity index (χ0) is 18.9. The number of carbonyl (C=O) groups excluding carboxylic acids is 2. The molecular formula is C21H22FNO3. The van der Waals surface area contributed by atoms with Crippen molar-refractivity contribution >= 4 is 18.0 Å². The van der Waals surface area contributed by atoms with Crippen LogP contribution in [0.1, 0.15) is 18.1 Å². The highest BCUT2D eigenvalue weighted by molar-refractivity contribution is 5.92. The van der Waals surface area contributed by atoms with Crippen molar-refractivity contribution < 1.29 is 18.7 Å². The van der Waals surface area contributed by atoms with Gasteiger partial charge in [-0.1, -0.05) is 49.4 Å². The van der Waals surface area contributed by atoms with Crippen molar-refractivity contribution in [1.29, 1.82) is 0 Å². The van der Waals surface area contributed by atoms with Crippen molar-refractivity contribution in [2.75, 3.05) is 13.7 Å². The number of ether oxygens (including phenoxy) is 1. The van der Waals surface area contributed by atoms with Crippen molar-refractivity contribution in [2.45, 2.75) is 13.5 Å². The summed E-state index contributed by atoms with van der Waals surface area (Å²) in [7, 11) is 1.32. The predicted octanol–water partition coefficient (Wildman–Crippen LogP) is 3.68. The Morgan fingerprint density at radius 1 is 1.12 bits per heavy atom. The number of halogens is 1. The first-order valence-corrected chi connectivity index (χ1v) is 8.34. The summed E-state index contributed by atoms with van der Waals surface area (Å²) in [4.78, 5) is 25.9. The average Bonchev–Trinajstić information content (AvgIpc) is 2.67. The van der Waals surface area contributed by atoms with Crippen molar-refractivity contribution in [3.8, 4) is 0 Å². The molecule has 0 aliphatic carbocycles. The highest BCUT2D eigenvalue weighted by Crippen LogP contribution is 2.12. The van der Waals surface area contributed by atoms with Crippen molar-refractivity contribution in [3.63, 3.8) is 0 Å². The fourth-order valence-corrected chi connectivity index (χ4v) is 2.49. The van der Waals surface area contributed by atoms with Crippen LogP contribution < -0.4 is 0 Å². The minimum Gasteiger partial charge on any atom is -0.469 e. The molecule has 26 heavy (non-hydrogen) atoms. The summed E-state index contributed by atoms with van der Waals surface area (Å²) in [6.07, 6.45) is 3.20. The topological polar surface area (TPSA) is 46.6 Å². The second kappa shape index (κ2) is 9.51. The Bertz CT molecular complexity index is 757. The first-order valence-electron chi connectivity index (χ1n) is 8.34. The van der Waals surface area contributed by atoms with E-state index in [2.05, 4.69) is 0 Å². The lowest BCUT2D eigenvalue weighted by atomic mass is 10.1. The summed E-state index contributed by atoms with van der Waals surface area (Å²) in [5.41, 5.74) is 1.69. The Labute approximate surface area is 152 Å². The van der Waals surface area contributed by atoms with Gasteiger partial charge < -0.3 is 9.64 Å². The highest BCUT2D eigenvalue weighted by atomic mass is 19.1. The average molecular weight is 355 g/mol. The first kappa shape index (κ1) is 19.4. The molecule has 0 saturated carbocycles. The Balaban J connectivity index is 2.15. The van der Waals surface area contributed by atoms with Gasteiger partial charge in [0.25, 0.3) is 0 Å². The van der Waals surface area contributed by atoms with Gasteiger partial charge in [0.05, 0.1) is 13.0 Å². The molecule has 0 fully saturated rings. The van der Waals surface area contributed by atoms with E-state index in [0.29, 0.717) is 0 Å². The number of carbonyl (C=O) groups is 2. The summed E-state index contributed by atoms with van der Waals surface area (Å²) in [6.45, 7) is 2.19. The Kier molecular flexibility index (Phi) is 7.09. The number of amides is 1. The van der Waals surface area contributed by atoms with Crippen LogP contribution >= 0.6 is 0 Å². The summed E-state index contributed by atoms with van der Waals surface area (Å²) in [6, 6.07) is 15.4. The van der Waals surface area contributed by atoms with E-state index in [1.54, 1.807) is 30.0 Å². The zero-order valence-corrected chi connectivity index (χ0v) is 14.9. The quantitative estimate of drug-likeness (QED) is 0.562.